The van der Waals surface area contributed by atoms with E-state index in [0.29, 0.717) is 26.1 Å². The van der Waals surface area contributed by atoms with Crippen LogP contribution in [0.25, 0.3) is 0 Å². The molecule has 0 aliphatic carbocycles. The Labute approximate surface area is 157 Å². The van der Waals surface area contributed by atoms with Gasteiger partial charge >= 0.3 is 0 Å². The van der Waals surface area contributed by atoms with E-state index in [1.54, 1.807) is 7.11 Å². The average molecular weight is 371 g/mol. The van der Waals surface area contributed by atoms with Gasteiger partial charge in [0.2, 0.25) is 5.91 Å². The number of hydrogen-bond donors (Lipinski definition) is 1. The van der Waals surface area contributed by atoms with Gasteiger partial charge in [-0.15, -0.1) is 12.4 Å². The van der Waals surface area contributed by atoms with Crippen LogP contribution in [0.3, 0.4) is 0 Å². The highest BCUT2D eigenvalue weighted by molar-refractivity contribution is 5.85. The van der Waals surface area contributed by atoms with Gasteiger partial charge in [-0.25, -0.2) is 0 Å². The summed E-state index contributed by atoms with van der Waals surface area (Å²) in [5.74, 6) is 0.0925. The Kier molecular flexibility index (Phi) is 10.0. The molecule has 2 rings (SSSR count). The average Bonchev–Trinajstić information content (AvgIpc) is 3.10. The third-order valence-electron chi connectivity index (χ3n) is 4.59. The van der Waals surface area contributed by atoms with Crippen LogP contribution in [0.2, 0.25) is 0 Å². The molecule has 1 amide bonds. The Morgan fingerprint density at radius 1 is 1.40 bits per heavy atom. The Hall–Kier alpha value is -1.14. The van der Waals surface area contributed by atoms with Crippen molar-refractivity contribution in [1.29, 1.82) is 0 Å². The number of carbonyl (C=O) groups excluding carboxylic acids is 1. The summed E-state index contributed by atoms with van der Waals surface area (Å²) in [7, 11) is 1.60. The van der Waals surface area contributed by atoms with Gasteiger partial charge in [0.25, 0.3) is 0 Å². The van der Waals surface area contributed by atoms with Crippen molar-refractivity contribution in [3.8, 4) is 0 Å². The maximum Gasteiger partial charge on any atom is 0.225 e. The predicted octanol–water partition coefficient (Wildman–Crippen LogP) is 2.33. The molecule has 2 atom stereocenters. The van der Waals surface area contributed by atoms with Crippen molar-refractivity contribution >= 4 is 18.3 Å². The second-order valence-electron chi connectivity index (χ2n) is 6.51. The van der Waals surface area contributed by atoms with E-state index in [1.165, 1.54) is 11.1 Å². The van der Waals surface area contributed by atoms with Crippen LogP contribution < -0.4 is 5.73 Å². The summed E-state index contributed by atoms with van der Waals surface area (Å²) >= 11 is 0. The van der Waals surface area contributed by atoms with E-state index in [4.69, 9.17) is 15.2 Å². The van der Waals surface area contributed by atoms with Crippen molar-refractivity contribution in [2.45, 2.75) is 44.8 Å². The van der Waals surface area contributed by atoms with Crippen molar-refractivity contribution in [3.63, 3.8) is 0 Å². The van der Waals surface area contributed by atoms with Gasteiger partial charge in [0.1, 0.15) is 0 Å². The molecule has 0 aromatic heterocycles. The fourth-order valence-electron chi connectivity index (χ4n) is 2.96. The molecule has 2 unspecified atom stereocenters. The summed E-state index contributed by atoms with van der Waals surface area (Å²) in [6.45, 7) is 4.59. The number of nitrogens with zero attached hydrogens (tertiary/aromatic N) is 1. The number of rotatable bonds is 9. The minimum absolute atomic E-state index is 0. The number of hydrogen-bond acceptors (Lipinski definition) is 4. The van der Waals surface area contributed by atoms with Crippen LogP contribution in [0.5, 0.6) is 0 Å². The lowest BCUT2D eigenvalue weighted by Gasteiger charge is -2.27. The van der Waals surface area contributed by atoms with Gasteiger partial charge in [-0.2, -0.15) is 0 Å². The number of ether oxygens (including phenoxy) is 2. The maximum absolute atomic E-state index is 12.7. The standard InChI is InChI=1S/C19H30N2O3.ClH/c1-15-5-7-16(8-6-15)9-10-21(14-17-4-3-11-24-17)19(22)12-18(13-20)23-2;/h5-8,17-18H,3-4,9-14,20H2,1-2H3;1H. The van der Waals surface area contributed by atoms with Crippen LogP contribution >= 0.6 is 12.4 Å². The molecule has 25 heavy (non-hydrogen) atoms. The number of nitrogens with two attached hydrogens (primary N) is 1. The molecule has 0 bridgehead atoms. The molecule has 6 heteroatoms. The minimum atomic E-state index is -0.219. The molecule has 0 radical (unpaired) electrons. The van der Waals surface area contributed by atoms with Crippen LogP contribution in [0.15, 0.2) is 24.3 Å². The van der Waals surface area contributed by atoms with Gasteiger partial charge in [0, 0.05) is 33.4 Å². The van der Waals surface area contributed by atoms with Crippen LogP contribution in [-0.4, -0.2) is 56.4 Å². The maximum atomic E-state index is 12.7. The van der Waals surface area contributed by atoms with E-state index < -0.39 is 0 Å². The highest BCUT2D eigenvalue weighted by Crippen LogP contribution is 2.15. The van der Waals surface area contributed by atoms with Crippen LogP contribution in [-0.2, 0) is 20.7 Å². The molecule has 5 nitrogen and oxygen atoms in total. The number of methoxy groups -OCH3 is 1. The molecule has 1 aromatic carbocycles. The van der Waals surface area contributed by atoms with Gasteiger partial charge in [0.05, 0.1) is 18.6 Å². The zero-order valence-corrected chi connectivity index (χ0v) is 16.1. The lowest BCUT2D eigenvalue weighted by Crippen LogP contribution is -2.41. The van der Waals surface area contributed by atoms with Crippen molar-refractivity contribution < 1.29 is 14.3 Å². The quantitative estimate of drug-likeness (QED) is 0.724. The Balaban J connectivity index is 0.00000312. The first kappa shape index (κ1) is 21.9. The smallest absolute Gasteiger partial charge is 0.225 e. The van der Waals surface area contributed by atoms with E-state index in [2.05, 4.69) is 31.2 Å². The number of amides is 1. The van der Waals surface area contributed by atoms with E-state index in [0.717, 1.165) is 25.9 Å². The summed E-state index contributed by atoms with van der Waals surface area (Å²) in [5.41, 5.74) is 8.14. The molecule has 1 aliphatic rings. The lowest BCUT2D eigenvalue weighted by atomic mass is 10.1. The van der Waals surface area contributed by atoms with Gasteiger partial charge < -0.3 is 20.1 Å². The summed E-state index contributed by atoms with van der Waals surface area (Å²) < 4.78 is 11.0. The van der Waals surface area contributed by atoms with Crippen molar-refractivity contribution in [2.24, 2.45) is 5.73 Å². The van der Waals surface area contributed by atoms with Gasteiger partial charge in [-0.3, -0.25) is 4.79 Å². The third-order valence-corrected chi connectivity index (χ3v) is 4.59. The second-order valence-corrected chi connectivity index (χ2v) is 6.51. The van der Waals surface area contributed by atoms with Crippen LogP contribution in [0, 0.1) is 6.92 Å². The molecule has 1 fully saturated rings. The van der Waals surface area contributed by atoms with Gasteiger partial charge in [-0.1, -0.05) is 29.8 Å². The predicted molar refractivity (Wildman–Crippen MR) is 102 cm³/mol. The minimum Gasteiger partial charge on any atom is -0.380 e. The fourth-order valence-corrected chi connectivity index (χ4v) is 2.96. The zero-order chi connectivity index (χ0) is 17.4. The van der Waals surface area contributed by atoms with E-state index in [1.807, 2.05) is 4.90 Å². The Bertz CT molecular complexity index is 500. The van der Waals surface area contributed by atoms with E-state index >= 15 is 0 Å². The summed E-state index contributed by atoms with van der Waals surface area (Å²) in [4.78, 5) is 14.6. The molecule has 1 aliphatic heterocycles. The molecule has 0 saturated carbocycles. The fraction of sp³-hybridized carbons (Fsp3) is 0.632. The molecule has 142 valence electrons. The number of benzene rings is 1. The Morgan fingerprint density at radius 2 is 2.12 bits per heavy atom. The zero-order valence-electron chi connectivity index (χ0n) is 15.3. The third kappa shape index (κ3) is 7.32. The molecule has 1 saturated heterocycles. The summed E-state index contributed by atoms with van der Waals surface area (Å²) in [6, 6.07) is 8.47. The molecule has 1 heterocycles. The Morgan fingerprint density at radius 3 is 2.68 bits per heavy atom. The second kappa shape index (κ2) is 11.5. The van der Waals surface area contributed by atoms with E-state index in [9.17, 15) is 4.79 Å². The first-order valence-electron chi connectivity index (χ1n) is 8.80. The monoisotopic (exact) mass is 370 g/mol. The van der Waals surface area contributed by atoms with Crippen molar-refractivity contribution in [1.82, 2.24) is 4.90 Å². The normalized spacial score (nSPS) is 17.8. The molecule has 1 aromatic rings. The lowest BCUT2D eigenvalue weighted by molar-refractivity contribution is -0.135. The summed E-state index contributed by atoms with van der Waals surface area (Å²) in [6.07, 6.45) is 3.22. The topological polar surface area (TPSA) is 64.8 Å². The first-order valence-corrected chi connectivity index (χ1v) is 8.80. The van der Waals surface area contributed by atoms with E-state index in [-0.39, 0.29) is 30.5 Å². The molecular formula is C19H31ClN2O3. The van der Waals surface area contributed by atoms with Crippen molar-refractivity contribution in [2.75, 3.05) is 33.4 Å². The SMILES string of the molecule is COC(CN)CC(=O)N(CCc1ccc(C)cc1)CC1CCCO1.Cl. The van der Waals surface area contributed by atoms with Crippen molar-refractivity contribution in [3.05, 3.63) is 35.4 Å². The molecular weight excluding hydrogens is 340 g/mol. The van der Waals surface area contributed by atoms with Crippen LogP contribution in [0.1, 0.15) is 30.4 Å². The number of aryl methyl sites for hydroxylation is 1. The number of carbonyl (C=O) groups is 1. The molecule has 0 spiro atoms. The van der Waals surface area contributed by atoms with Crippen LogP contribution in [0.4, 0.5) is 0 Å². The largest absolute Gasteiger partial charge is 0.380 e. The van der Waals surface area contributed by atoms with Gasteiger partial charge in [0.15, 0.2) is 0 Å². The molecule has 2 N–H and O–H groups in total. The highest BCUT2D eigenvalue weighted by atomic mass is 35.5. The summed E-state index contributed by atoms with van der Waals surface area (Å²) in [5, 5.41) is 0. The van der Waals surface area contributed by atoms with Gasteiger partial charge in [-0.05, 0) is 31.7 Å². The highest BCUT2D eigenvalue weighted by Gasteiger charge is 2.24. The number of halogens is 1. The first-order chi connectivity index (χ1) is 11.6.